The van der Waals surface area contributed by atoms with E-state index in [0.717, 1.165) is 42.1 Å². The maximum absolute atomic E-state index is 4.65. The molecule has 0 unspecified atom stereocenters. The van der Waals surface area contributed by atoms with Crippen molar-refractivity contribution >= 4 is 11.0 Å². The van der Waals surface area contributed by atoms with E-state index in [1.165, 1.54) is 11.1 Å². The van der Waals surface area contributed by atoms with E-state index in [2.05, 4.69) is 46.2 Å². The number of aryl methyl sites for hydroxylation is 2. The van der Waals surface area contributed by atoms with Crippen molar-refractivity contribution in [3.63, 3.8) is 0 Å². The highest BCUT2D eigenvalue weighted by Gasteiger charge is 2.04. The average Bonchev–Trinajstić information content (AvgIpc) is 2.87. The Kier molecular flexibility index (Phi) is 3.97. The van der Waals surface area contributed by atoms with Crippen molar-refractivity contribution < 1.29 is 0 Å². The standard InChI is InChI=1S/C17H20N4/c1-12-9-15-16(10-13(12)2)21-17(20-15)6-8-18-11-14-5-3-4-7-19-14/h3-5,7,9-10,18H,6,8,11H2,1-2H3,(H,20,21). The predicted octanol–water partition coefficient (Wildman–Crippen LogP) is 2.91. The summed E-state index contributed by atoms with van der Waals surface area (Å²) in [6.07, 6.45) is 2.71. The largest absolute Gasteiger partial charge is 0.342 e. The van der Waals surface area contributed by atoms with Gasteiger partial charge in [-0.05, 0) is 49.2 Å². The molecule has 2 N–H and O–H groups in total. The molecular weight excluding hydrogens is 260 g/mol. The molecule has 4 nitrogen and oxygen atoms in total. The number of imidazole rings is 1. The van der Waals surface area contributed by atoms with Gasteiger partial charge in [-0.3, -0.25) is 4.98 Å². The SMILES string of the molecule is Cc1cc2nc(CCNCc3ccccn3)[nH]c2cc1C. The Morgan fingerprint density at radius 1 is 1.14 bits per heavy atom. The molecule has 0 fully saturated rings. The zero-order chi connectivity index (χ0) is 14.7. The van der Waals surface area contributed by atoms with Crippen LogP contribution in [-0.4, -0.2) is 21.5 Å². The Balaban J connectivity index is 1.58. The first-order valence-electron chi connectivity index (χ1n) is 7.29. The molecular formula is C17H20N4. The lowest BCUT2D eigenvalue weighted by atomic mass is 10.1. The van der Waals surface area contributed by atoms with E-state index in [1.807, 2.05) is 24.4 Å². The van der Waals surface area contributed by atoms with E-state index in [9.17, 15) is 0 Å². The minimum Gasteiger partial charge on any atom is -0.342 e. The monoisotopic (exact) mass is 280 g/mol. The van der Waals surface area contributed by atoms with Crippen LogP contribution in [-0.2, 0) is 13.0 Å². The molecule has 108 valence electrons. The van der Waals surface area contributed by atoms with Crippen molar-refractivity contribution in [1.29, 1.82) is 0 Å². The third kappa shape index (κ3) is 3.28. The van der Waals surface area contributed by atoms with E-state index in [-0.39, 0.29) is 0 Å². The van der Waals surface area contributed by atoms with Crippen LogP contribution in [0, 0.1) is 13.8 Å². The Labute approximate surface area is 124 Å². The summed E-state index contributed by atoms with van der Waals surface area (Å²) in [5.74, 6) is 1.03. The van der Waals surface area contributed by atoms with Crippen LogP contribution >= 0.6 is 0 Å². The van der Waals surface area contributed by atoms with E-state index < -0.39 is 0 Å². The third-order valence-electron chi connectivity index (χ3n) is 3.72. The smallest absolute Gasteiger partial charge is 0.108 e. The predicted molar refractivity (Wildman–Crippen MR) is 85.2 cm³/mol. The van der Waals surface area contributed by atoms with Gasteiger partial charge in [0, 0.05) is 25.7 Å². The van der Waals surface area contributed by atoms with Gasteiger partial charge in [0.25, 0.3) is 0 Å². The molecule has 0 atom stereocenters. The summed E-state index contributed by atoms with van der Waals surface area (Å²) in [4.78, 5) is 12.3. The van der Waals surface area contributed by atoms with Crippen LogP contribution in [0.5, 0.6) is 0 Å². The highest BCUT2D eigenvalue weighted by atomic mass is 14.9. The quantitative estimate of drug-likeness (QED) is 0.707. The Hall–Kier alpha value is -2.20. The van der Waals surface area contributed by atoms with Crippen molar-refractivity contribution in [1.82, 2.24) is 20.3 Å². The topological polar surface area (TPSA) is 53.6 Å². The summed E-state index contributed by atoms with van der Waals surface area (Å²) >= 11 is 0. The van der Waals surface area contributed by atoms with E-state index in [0.29, 0.717) is 0 Å². The second-order valence-corrected chi connectivity index (χ2v) is 5.38. The molecule has 2 aromatic heterocycles. The summed E-state index contributed by atoms with van der Waals surface area (Å²) in [6.45, 7) is 5.93. The second kappa shape index (κ2) is 6.06. The van der Waals surface area contributed by atoms with Crippen molar-refractivity contribution in [2.45, 2.75) is 26.8 Å². The molecule has 0 saturated heterocycles. The zero-order valence-electron chi connectivity index (χ0n) is 12.5. The number of pyridine rings is 1. The summed E-state index contributed by atoms with van der Waals surface area (Å²) in [6, 6.07) is 10.3. The first-order valence-corrected chi connectivity index (χ1v) is 7.29. The van der Waals surface area contributed by atoms with Crippen LogP contribution in [0.4, 0.5) is 0 Å². The highest BCUT2D eigenvalue weighted by Crippen LogP contribution is 2.17. The summed E-state index contributed by atoms with van der Waals surface area (Å²) < 4.78 is 0. The summed E-state index contributed by atoms with van der Waals surface area (Å²) in [5.41, 5.74) is 5.82. The van der Waals surface area contributed by atoms with Crippen LogP contribution in [0.1, 0.15) is 22.6 Å². The van der Waals surface area contributed by atoms with Gasteiger partial charge in [-0.15, -0.1) is 0 Å². The van der Waals surface area contributed by atoms with E-state index >= 15 is 0 Å². The van der Waals surface area contributed by atoms with Gasteiger partial charge in [-0.25, -0.2) is 4.98 Å². The fourth-order valence-corrected chi connectivity index (χ4v) is 2.37. The fraction of sp³-hybridized carbons (Fsp3) is 0.294. The van der Waals surface area contributed by atoms with Crippen molar-refractivity contribution in [3.05, 3.63) is 59.2 Å². The van der Waals surface area contributed by atoms with Gasteiger partial charge in [-0.2, -0.15) is 0 Å². The molecule has 21 heavy (non-hydrogen) atoms. The average molecular weight is 280 g/mol. The minimum absolute atomic E-state index is 0.791. The van der Waals surface area contributed by atoms with Crippen LogP contribution in [0.15, 0.2) is 36.5 Å². The minimum atomic E-state index is 0.791. The van der Waals surface area contributed by atoms with Crippen LogP contribution in [0.25, 0.3) is 11.0 Å². The number of hydrogen-bond acceptors (Lipinski definition) is 3. The van der Waals surface area contributed by atoms with Gasteiger partial charge in [0.1, 0.15) is 5.82 Å². The highest BCUT2D eigenvalue weighted by molar-refractivity contribution is 5.77. The van der Waals surface area contributed by atoms with Gasteiger partial charge < -0.3 is 10.3 Å². The molecule has 0 amide bonds. The van der Waals surface area contributed by atoms with Crippen molar-refractivity contribution in [3.8, 4) is 0 Å². The summed E-state index contributed by atoms with van der Waals surface area (Å²) in [5, 5.41) is 3.39. The number of H-pyrrole nitrogens is 1. The number of nitrogens with zero attached hydrogens (tertiary/aromatic N) is 2. The molecule has 0 bridgehead atoms. The molecule has 4 heteroatoms. The number of aromatic nitrogens is 3. The number of rotatable bonds is 5. The van der Waals surface area contributed by atoms with Gasteiger partial charge in [0.15, 0.2) is 0 Å². The molecule has 0 aliphatic heterocycles. The maximum atomic E-state index is 4.65. The molecule has 0 aliphatic carbocycles. The first kappa shape index (κ1) is 13.8. The molecule has 2 heterocycles. The Morgan fingerprint density at radius 3 is 2.81 bits per heavy atom. The van der Waals surface area contributed by atoms with Gasteiger partial charge in [0.2, 0.25) is 0 Å². The number of fused-ring (bicyclic) bond motifs is 1. The third-order valence-corrected chi connectivity index (χ3v) is 3.72. The van der Waals surface area contributed by atoms with Gasteiger partial charge in [-0.1, -0.05) is 6.07 Å². The molecule has 0 aliphatic rings. The lowest BCUT2D eigenvalue weighted by Gasteiger charge is -2.02. The summed E-state index contributed by atoms with van der Waals surface area (Å²) in [7, 11) is 0. The number of benzene rings is 1. The number of nitrogens with one attached hydrogen (secondary N) is 2. The lowest BCUT2D eigenvalue weighted by molar-refractivity contribution is 0.664. The molecule has 0 spiro atoms. The van der Waals surface area contributed by atoms with Crippen LogP contribution in [0.2, 0.25) is 0 Å². The van der Waals surface area contributed by atoms with E-state index in [1.54, 1.807) is 0 Å². The molecule has 1 aromatic carbocycles. The van der Waals surface area contributed by atoms with Crippen molar-refractivity contribution in [2.75, 3.05) is 6.54 Å². The number of aromatic amines is 1. The Bertz CT molecular complexity index is 692. The fourth-order valence-electron chi connectivity index (χ4n) is 2.37. The first-order chi connectivity index (χ1) is 10.2. The molecule has 0 radical (unpaired) electrons. The molecule has 3 aromatic rings. The lowest BCUT2D eigenvalue weighted by Crippen LogP contribution is -2.17. The number of hydrogen-bond donors (Lipinski definition) is 2. The van der Waals surface area contributed by atoms with E-state index in [4.69, 9.17) is 0 Å². The molecule has 3 rings (SSSR count). The second-order valence-electron chi connectivity index (χ2n) is 5.38. The van der Waals surface area contributed by atoms with Crippen LogP contribution in [0.3, 0.4) is 0 Å². The Morgan fingerprint density at radius 2 is 2.00 bits per heavy atom. The van der Waals surface area contributed by atoms with Gasteiger partial charge >= 0.3 is 0 Å². The van der Waals surface area contributed by atoms with Crippen molar-refractivity contribution in [2.24, 2.45) is 0 Å². The maximum Gasteiger partial charge on any atom is 0.108 e. The zero-order valence-corrected chi connectivity index (χ0v) is 12.5. The normalized spacial score (nSPS) is 11.1. The molecule has 0 saturated carbocycles. The van der Waals surface area contributed by atoms with Crippen LogP contribution < -0.4 is 5.32 Å². The van der Waals surface area contributed by atoms with Gasteiger partial charge in [0.05, 0.1) is 16.7 Å².